The molecule has 0 aromatic heterocycles. The fourth-order valence-corrected chi connectivity index (χ4v) is 2.70. The van der Waals surface area contributed by atoms with Crippen LogP contribution in [0.4, 0.5) is 0 Å². The van der Waals surface area contributed by atoms with E-state index in [1.165, 1.54) is 14.2 Å². The first-order valence-corrected chi connectivity index (χ1v) is 7.96. The third-order valence-corrected chi connectivity index (χ3v) is 3.91. The number of benzene rings is 2. The summed E-state index contributed by atoms with van der Waals surface area (Å²) in [6, 6.07) is 11.1. The fourth-order valence-electron chi connectivity index (χ4n) is 2.70. The van der Waals surface area contributed by atoms with Gasteiger partial charge in [0.2, 0.25) is 11.6 Å². The van der Waals surface area contributed by atoms with Crippen LogP contribution in [0.1, 0.15) is 16.7 Å². The van der Waals surface area contributed by atoms with Gasteiger partial charge in [-0.1, -0.05) is 17.7 Å². The van der Waals surface area contributed by atoms with E-state index in [4.69, 9.17) is 18.9 Å². The molecule has 134 valence electrons. The second kappa shape index (κ2) is 7.31. The summed E-state index contributed by atoms with van der Waals surface area (Å²) in [7, 11) is 4.59. The Morgan fingerprint density at radius 3 is 2.42 bits per heavy atom. The van der Waals surface area contributed by atoms with Gasteiger partial charge >= 0.3 is 5.97 Å². The highest BCUT2D eigenvalue weighted by Crippen LogP contribution is 2.40. The topological polar surface area (TPSA) is 66.4 Å². The Morgan fingerprint density at radius 2 is 1.77 bits per heavy atom. The molecule has 0 radical (unpaired) electrons. The number of ether oxygens (including phenoxy) is 4. The van der Waals surface area contributed by atoms with E-state index in [2.05, 4.69) is 4.99 Å². The number of hydrogen-bond donors (Lipinski definition) is 0. The zero-order chi connectivity index (χ0) is 18.7. The summed E-state index contributed by atoms with van der Waals surface area (Å²) in [5.41, 5.74) is 2.62. The molecule has 2 aromatic carbocycles. The highest BCUT2D eigenvalue weighted by molar-refractivity contribution is 6.13. The highest BCUT2D eigenvalue weighted by atomic mass is 16.6. The Hall–Kier alpha value is -3.28. The molecule has 26 heavy (non-hydrogen) atoms. The van der Waals surface area contributed by atoms with Crippen LogP contribution in [0.3, 0.4) is 0 Å². The first kappa shape index (κ1) is 17.5. The predicted molar refractivity (Wildman–Crippen MR) is 97.9 cm³/mol. The number of esters is 1. The number of rotatable bonds is 5. The van der Waals surface area contributed by atoms with E-state index in [1.54, 1.807) is 25.3 Å². The van der Waals surface area contributed by atoms with E-state index in [0.29, 0.717) is 22.8 Å². The molecule has 0 N–H and O–H groups in total. The molecule has 0 saturated carbocycles. The average molecular weight is 353 g/mol. The molecule has 6 nitrogen and oxygen atoms in total. The van der Waals surface area contributed by atoms with Crippen LogP contribution < -0.4 is 14.2 Å². The maximum Gasteiger partial charge on any atom is 0.363 e. The molecule has 0 spiro atoms. The second-order valence-corrected chi connectivity index (χ2v) is 5.63. The van der Waals surface area contributed by atoms with Crippen molar-refractivity contribution in [3.8, 4) is 17.2 Å². The van der Waals surface area contributed by atoms with Crippen molar-refractivity contribution in [2.75, 3.05) is 21.3 Å². The minimum atomic E-state index is -0.515. The van der Waals surface area contributed by atoms with Crippen molar-refractivity contribution in [1.29, 1.82) is 0 Å². The minimum absolute atomic E-state index is 0.187. The van der Waals surface area contributed by atoms with Gasteiger partial charge in [-0.05, 0) is 37.3 Å². The van der Waals surface area contributed by atoms with Crippen molar-refractivity contribution < 1.29 is 23.7 Å². The number of nitrogens with zero attached hydrogens (tertiary/aromatic N) is 1. The SMILES string of the molecule is COc1ccc(C=C2N=C(c3cccc(C)c3)OC2=O)c(OC)c1OC. The van der Waals surface area contributed by atoms with Crippen molar-refractivity contribution in [2.45, 2.75) is 6.92 Å². The molecule has 0 saturated heterocycles. The molecule has 0 amide bonds. The van der Waals surface area contributed by atoms with Gasteiger partial charge in [0.25, 0.3) is 0 Å². The lowest BCUT2D eigenvalue weighted by Gasteiger charge is -2.14. The highest BCUT2D eigenvalue weighted by Gasteiger charge is 2.25. The third kappa shape index (κ3) is 3.26. The van der Waals surface area contributed by atoms with Crippen LogP contribution in [0.5, 0.6) is 17.2 Å². The maximum atomic E-state index is 12.2. The molecule has 0 unspecified atom stereocenters. The lowest BCUT2D eigenvalue weighted by Crippen LogP contribution is -2.05. The van der Waals surface area contributed by atoms with E-state index < -0.39 is 5.97 Å². The van der Waals surface area contributed by atoms with Crippen molar-refractivity contribution in [2.24, 2.45) is 4.99 Å². The lowest BCUT2D eigenvalue weighted by molar-refractivity contribution is -0.129. The summed E-state index contributed by atoms with van der Waals surface area (Å²) in [4.78, 5) is 16.6. The van der Waals surface area contributed by atoms with Crippen LogP contribution in [-0.2, 0) is 9.53 Å². The van der Waals surface area contributed by atoms with E-state index in [-0.39, 0.29) is 11.6 Å². The minimum Gasteiger partial charge on any atom is -0.493 e. The molecule has 2 aromatic rings. The van der Waals surface area contributed by atoms with Gasteiger partial charge in [0.05, 0.1) is 21.3 Å². The Kier molecular flexibility index (Phi) is 4.93. The Bertz CT molecular complexity index is 914. The number of aryl methyl sites for hydroxylation is 1. The standard InChI is InChI=1S/C20H19NO5/c1-12-6-5-7-14(10-12)19-21-15(20(22)26-19)11-13-8-9-16(23-2)18(25-4)17(13)24-3/h5-11H,1-4H3. The van der Waals surface area contributed by atoms with Crippen LogP contribution in [0, 0.1) is 6.92 Å². The summed E-state index contributed by atoms with van der Waals surface area (Å²) in [5.74, 6) is 1.19. The monoisotopic (exact) mass is 353 g/mol. The van der Waals surface area contributed by atoms with Crippen LogP contribution in [0.2, 0.25) is 0 Å². The van der Waals surface area contributed by atoms with Gasteiger partial charge in [-0.25, -0.2) is 9.79 Å². The van der Waals surface area contributed by atoms with Crippen molar-refractivity contribution in [3.63, 3.8) is 0 Å². The molecule has 1 heterocycles. The van der Waals surface area contributed by atoms with Gasteiger partial charge in [0.1, 0.15) is 0 Å². The van der Waals surface area contributed by atoms with Crippen molar-refractivity contribution >= 4 is 17.9 Å². The number of aliphatic imine (C=N–C) groups is 1. The first-order valence-electron chi connectivity index (χ1n) is 7.96. The zero-order valence-corrected chi connectivity index (χ0v) is 15.0. The van der Waals surface area contributed by atoms with Crippen LogP contribution in [-0.4, -0.2) is 33.2 Å². The van der Waals surface area contributed by atoms with Gasteiger partial charge < -0.3 is 18.9 Å². The van der Waals surface area contributed by atoms with Crippen molar-refractivity contribution in [1.82, 2.24) is 0 Å². The van der Waals surface area contributed by atoms with E-state index in [1.807, 2.05) is 31.2 Å². The van der Waals surface area contributed by atoms with E-state index in [0.717, 1.165) is 11.1 Å². The number of cyclic esters (lactones) is 1. The van der Waals surface area contributed by atoms with Gasteiger partial charge in [-0.2, -0.15) is 0 Å². The third-order valence-electron chi connectivity index (χ3n) is 3.91. The molecular weight excluding hydrogens is 334 g/mol. The molecule has 0 aliphatic carbocycles. The summed E-state index contributed by atoms with van der Waals surface area (Å²) < 4.78 is 21.4. The van der Waals surface area contributed by atoms with E-state index >= 15 is 0 Å². The number of carbonyl (C=O) groups excluding carboxylic acids is 1. The Morgan fingerprint density at radius 1 is 1.00 bits per heavy atom. The summed E-state index contributed by atoms with van der Waals surface area (Å²) in [5, 5.41) is 0. The van der Waals surface area contributed by atoms with Crippen molar-refractivity contribution in [3.05, 3.63) is 58.8 Å². The van der Waals surface area contributed by atoms with Gasteiger partial charge in [0, 0.05) is 11.1 Å². The predicted octanol–water partition coefficient (Wildman–Crippen LogP) is 3.37. The quantitative estimate of drug-likeness (QED) is 0.609. The molecule has 1 aliphatic rings. The summed E-state index contributed by atoms with van der Waals surface area (Å²) in [6.07, 6.45) is 1.60. The molecule has 0 atom stereocenters. The zero-order valence-electron chi connectivity index (χ0n) is 15.0. The second-order valence-electron chi connectivity index (χ2n) is 5.63. The molecule has 1 aliphatic heterocycles. The normalized spacial score (nSPS) is 14.8. The van der Waals surface area contributed by atoms with Gasteiger partial charge in [-0.3, -0.25) is 0 Å². The molecule has 0 bridgehead atoms. The number of hydrogen-bond acceptors (Lipinski definition) is 6. The van der Waals surface area contributed by atoms with Gasteiger partial charge in [0.15, 0.2) is 17.2 Å². The van der Waals surface area contributed by atoms with Crippen LogP contribution in [0.15, 0.2) is 47.1 Å². The summed E-state index contributed by atoms with van der Waals surface area (Å²) in [6.45, 7) is 1.96. The first-order chi connectivity index (χ1) is 12.6. The Labute approximate surface area is 151 Å². The summed E-state index contributed by atoms with van der Waals surface area (Å²) >= 11 is 0. The number of carbonyl (C=O) groups is 1. The van der Waals surface area contributed by atoms with E-state index in [9.17, 15) is 4.79 Å². The molecule has 3 rings (SSSR count). The molecule has 6 heteroatoms. The maximum absolute atomic E-state index is 12.2. The van der Waals surface area contributed by atoms with Gasteiger partial charge in [-0.15, -0.1) is 0 Å². The van der Waals surface area contributed by atoms with Crippen LogP contribution in [0.25, 0.3) is 6.08 Å². The molecular formula is C20H19NO5. The Balaban J connectivity index is 2.03. The smallest absolute Gasteiger partial charge is 0.363 e. The number of methoxy groups -OCH3 is 3. The fraction of sp³-hybridized carbons (Fsp3) is 0.200. The lowest BCUT2D eigenvalue weighted by atomic mass is 10.1. The molecule has 0 fully saturated rings. The van der Waals surface area contributed by atoms with Crippen LogP contribution >= 0.6 is 0 Å². The largest absolute Gasteiger partial charge is 0.493 e. The average Bonchev–Trinajstić information content (AvgIpc) is 3.01.